The van der Waals surface area contributed by atoms with Crippen molar-refractivity contribution in [2.75, 3.05) is 10.2 Å². The average molecular weight is 377 g/mol. The Balaban J connectivity index is 1.69. The number of hydrogen-bond donors (Lipinski definition) is 1. The molecule has 4 rings (SSSR count). The van der Waals surface area contributed by atoms with Crippen LogP contribution in [0.25, 0.3) is 0 Å². The van der Waals surface area contributed by atoms with E-state index in [1.165, 1.54) is 0 Å². The summed E-state index contributed by atoms with van der Waals surface area (Å²) >= 11 is 5.84. The van der Waals surface area contributed by atoms with Gasteiger partial charge in [0.15, 0.2) is 0 Å². The first-order valence-electron chi connectivity index (χ1n) is 8.20. The van der Waals surface area contributed by atoms with Gasteiger partial charge in [-0.05, 0) is 48.5 Å². The number of rotatable bonds is 3. The molecule has 27 heavy (non-hydrogen) atoms. The third-order valence-electron chi connectivity index (χ3n) is 4.28. The molecule has 0 bridgehead atoms. The zero-order valence-electron chi connectivity index (χ0n) is 14.0. The van der Waals surface area contributed by atoms with E-state index < -0.39 is 17.7 Å². The van der Waals surface area contributed by atoms with Crippen molar-refractivity contribution < 1.29 is 14.4 Å². The highest BCUT2D eigenvalue weighted by Gasteiger charge is 2.38. The lowest BCUT2D eigenvalue weighted by Crippen LogP contribution is -2.29. The maximum absolute atomic E-state index is 12.9. The first kappa shape index (κ1) is 17.0. The van der Waals surface area contributed by atoms with Crippen molar-refractivity contribution in [1.82, 2.24) is 0 Å². The van der Waals surface area contributed by atoms with Gasteiger partial charge in [0.1, 0.15) is 0 Å². The number of nitrogens with zero attached hydrogens (tertiary/aromatic N) is 1. The van der Waals surface area contributed by atoms with Crippen LogP contribution in [0.5, 0.6) is 0 Å². The number of fused-ring (bicyclic) bond motifs is 1. The Hall–Kier alpha value is -3.44. The van der Waals surface area contributed by atoms with Gasteiger partial charge < -0.3 is 5.32 Å². The van der Waals surface area contributed by atoms with Gasteiger partial charge in [-0.1, -0.05) is 35.9 Å². The summed E-state index contributed by atoms with van der Waals surface area (Å²) in [6.07, 6.45) is 0. The molecule has 0 saturated heterocycles. The van der Waals surface area contributed by atoms with Crippen LogP contribution in [0.1, 0.15) is 31.1 Å². The van der Waals surface area contributed by atoms with Crippen molar-refractivity contribution in [2.24, 2.45) is 0 Å². The number of hydrogen-bond acceptors (Lipinski definition) is 3. The van der Waals surface area contributed by atoms with E-state index in [4.69, 9.17) is 11.6 Å². The topological polar surface area (TPSA) is 66.5 Å². The third kappa shape index (κ3) is 2.98. The molecular formula is C21H13ClN2O3. The summed E-state index contributed by atoms with van der Waals surface area (Å²) in [4.78, 5) is 39.3. The summed E-state index contributed by atoms with van der Waals surface area (Å²) < 4.78 is 0. The van der Waals surface area contributed by atoms with Crippen molar-refractivity contribution in [1.29, 1.82) is 0 Å². The van der Waals surface area contributed by atoms with E-state index in [0.717, 1.165) is 4.90 Å². The second kappa shape index (κ2) is 6.70. The predicted molar refractivity (Wildman–Crippen MR) is 103 cm³/mol. The molecule has 132 valence electrons. The SMILES string of the molecule is O=C(Nc1cccc2c1C(=O)N(c1ccccc1)C2=O)c1ccc(Cl)cc1. The monoisotopic (exact) mass is 376 g/mol. The van der Waals surface area contributed by atoms with Gasteiger partial charge in [0.2, 0.25) is 0 Å². The van der Waals surface area contributed by atoms with Gasteiger partial charge in [0, 0.05) is 10.6 Å². The van der Waals surface area contributed by atoms with Crippen LogP contribution >= 0.6 is 11.6 Å². The van der Waals surface area contributed by atoms with E-state index in [0.29, 0.717) is 22.0 Å². The summed E-state index contributed by atoms with van der Waals surface area (Å²) in [7, 11) is 0. The van der Waals surface area contributed by atoms with Gasteiger partial charge in [-0.25, -0.2) is 4.90 Å². The molecule has 0 atom stereocenters. The van der Waals surface area contributed by atoms with Gasteiger partial charge in [-0.2, -0.15) is 0 Å². The highest BCUT2D eigenvalue weighted by Crippen LogP contribution is 2.33. The Kier molecular flexibility index (Phi) is 4.22. The summed E-state index contributed by atoms with van der Waals surface area (Å²) in [5, 5.41) is 3.24. The molecule has 0 fully saturated rings. The Morgan fingerprint density at radius 2 is 1.52 bits per heavy atom. The quantitative estimate of drug-likeness (QED) is 0.689. The molecule has 0 radical (unpaired) electrons. The summed E-state index contributed by atoms with van der Waals surface area (Å²) in [6.45, 7) is 0. The van der Waals surface area contributed by atoms with Crippen molar-refractivity contribution in [3.05, 3.63) is 94.5 Å². The first-order chi connectivity index (χ1) is 13.1. The number of para-hydroxylation sites is 1. The molecule has 0 saturated carbocycles. The van der Waals surface area contributed by atoms with Crippen LogP contribution in [0.3, 0.4) is 0 Å². The van der Waals surface area contributed by atoms with Gasteiger partial charge >= 0.3 is 0 Å². The smallest absolute Gasteiger partial charge is 0.268 e. The fraction of sp³-hybridized carbons (Fsp3) is 0. The van der Waals surface area contributed by atoms with Gasteiger partial charge in [-0.3, -0.25) is 14.4 Å². The second-order valence-electron chi connectivity index (χ2n) is 5.97. The molecule has 3 aromatic carbocycles. The van der Waals surface area contributed by atoms with Crippen LogP contribution in [0.4, 0.5) is 11.4 Å². The minimum absolute atomic E-state index is 0.189. The van der Waals surface area contributed by atoms with E-state index in [2.05, 4.69) is 5.32 Å². The highest BCUT2D eigenvalue weighted by molar-refractivity contribution is 6.36. The molecule has 0 aliphatic carbocycles. The van der Waals surface area contributed by atoms with Crippen molar-refractivity contribution in [3.63, 3.8) is 0 Å². The fourth-order valence-electron chi connectivity index (χ4n) is 3.00. The number of amides is 3. The number of imide groups is 1. The van der Waals surface area contributed by atoms with E-state index in [1.807, 2.05) is 0 Å². The van der Waals surface area contributed by atoms with Gasteiger partial charge in [0.25, 0.3) is 17.7 Å². The number of carbonyl (C=O) groups is 3. The lowest BCUT2D eigenvalue weighted by Gasteiger charge is -2.13. The molecule has 6 heteroatoms. The molecule has 0 spiro atoms. The van der Waals surface area contributed by atoms with Crippen molar-refractivity contribution >= 4 is 40.7 Å². The lowest BCUT2D eigenvalue weighted by molar-refractivity contribution is 0.0926. The number of anilines is 2. The number of halogens is 1. The first-order valence-corrected chi connectivity index (χ1v) is 8.58. The van der Waals surface area contributed by atoms with Gasteiger partial charge in [-0.15, -0.1) is 0 Å². The number of benzene rings is 3. The minimum atomic E-state index is -0.465. The van der Waals surface area contributed by atoms with Crippen molar-refractivity contribution in [3.8, 4) is 0 Å². The lowest BCUT2D eigenvalue weighted by atomic mass is 10.1. The Labute approximate surface area is 160 Å². The average Bonchev–Trinajstić information content (AvgIpc) is 2.94. The molecule has 1 heterocycles. The van der Waals surface area contributed by atoms with E-state index >= 15 is 0 Å². The molecular weight excluding hydrogens is 364 g/mol. The summed E-state index contributed by atoms with van der Waals surface area (Å²) in [5.41, 5.74) is 1.63. The largest absolute Gasteiger partial charge is 0.321 e. The van der Waals surface area contributed by atoms with Crippen LogP contribution in [-0.2, 0) is 0 Å². The Morgan fingerprint density at radius 1 is 0.815 bits per heavy atom. The standard InChI is InChI=1S/C21H13ClN2O3/c22-14-11-9-13(10-12-14)19(25)23-17-8-4-7-16-18(17)21(27)24(20(16)26)15-5-2-1-3-6-15/h1-12H,(H,23,25). The normalized spacial score (nSPS) is 12.9. The third-order valence-corrected chi connectivity index (χ3v) is 4.54. The Bertz CT molecular complexity index is 1060. The summed E-state index contributed by atoms with van der Waals surface area (Å²) in [5.74, 6) is -1.27. The molecule has 1 N–H and O–H groups in total. The van der Waals surface area contributed by atoms with Crippen LogP contribution in [0, 0.1) is 0 Å². The molecule has 3 amide bonds. The fourth-order valence-corrected chi connectivity index (χ4v) is 3.12. The van der Waals surface area contributed by atoms with Crippen LogP contribution in [0.15, 0.2) is 72.8 Å². The maximum atomic E-state index is 12.9. The van der Waals surface area contributed by atoms with E-state index in [1.54, 1.807) is 72.8 Å². The van der Waals surface area contributed by atoms with Crippen LogP contribution in [0.2, 0.25) is 5.02 Å². The molecule has 3 aromatic rings. The molecule has 5 nitrogen and oxygen atoms in total. The number of nitrogens with one attached hydrogen (secondary N) is 1. The van der Waals surface area contributed by atoms with E-state index in [9.17, 15) is 14.4 Å². The maximum Gasteiger partial charge on any atom is 0.268 e. The number of carbonyl (C=O) groups excluding carboxylic acids is 3. The van der Waals surface area contributed by atoms with Crippen LogP contribution < -0.4 is 10.2 Å². The van der Waals surface area contributed by atoms with Crippen LogP contribution in [-0.4, -0.2) is 17.7 Å². The molecule has 0 aromatic heterocycles. The molecule has 1 aliphatic rings. The zero-order chi connectivity index (χ0) is 19.0. The van der Waals surface area contributed by atoms with Crippen molar-refractivity contribution in [2.45, 2.75) is 0 Å². The highest BCUT2D eigenvalue weighted by atomic mass is 35.5. The van der Waals surface area contributed by atoms with Gasteiger partial charge in [0.05, 0.1) is 22.5 Å². The molecule has 0 unspecified atom stereocenters. The predicted octanol–water partition coefficient (Wildman–Crippen LogP) is 4.39. The zero-order valence-corrected chi connectivity index (χ0v) is 14.7. The summed E-state index contributed by atoms with van der Waals surface area (Å²) in [6, 6.07) is 19.9. The molecule has 1 aliphatic heterocycles. The Morgan fingerprint density at radius 3 is 2.22 bits per heavy atom. The minimum Gasteiger partial charge on any atom is -0.321 e. The second-order valence-corrected chi connectivity index (χ2v) is 6.41. The van der Waals surface area contributed by atoms with E-state index in [-0.39, 0.29) is 11.1 Å².